The first kappa shape index (κ1) is 15.5. The van der Waals surface area contributed by atoms with Gasteiger partial charge in [-0.25, -0.2) is 0 Å². The molecule has 2 heterocycles. The number of thioether (sulfide) groups is 1. The summed E-state index contributed by atoms with van der Waals surface area (Å²) in [5.74, 6) is 7.89. The molecular formula is C18H21NO2S. The van der Waals surface area contributed by atoms with Crippen LogP contribution in [0.15, 0.2) is 30.3 Å². The maximum atomic E-state index is 12.6. The first-order chi connectivity index (χ1) is 10.8. The molecule has 2 fully saturated rings. The zero-order chi connectivity index (χ0) is 15.2. The van der Waals surface area contributed by atoms with E-state index >= 15 is 0 Å². The van der Waals surface area contributed by atoms with E-state index in [1.54, 1.807) is 0 Å². The average molecular weight is 315 g/mol. The van der Waals surface area contributed by atoms with Gasteiger partial charge < -0.3 is 9.64 Å². The van der Waals surface area contributed by atoms with E-state index in [-0.39, 0.29) is 12.0 Å². The van der Waals surface area contributed by atoms with Crippen molar-refractivity contribution >= 4 is 17.7 Å². The molecule has 0 spiro atoms. The minimum absolute atomic E-state index is 0.0631. The van der Waals surface area contributed by atoms with Crippen LogP contribution in [0.1, 0.15) is 24.8 Å². The van der Waals surface area contributed by atoms with Gasteiger partial charge in [0, 0.05) is 36.4 Å². The lowest BCUT2D eigenvalue weighted by Crippen LogP contribution is -2.44. The van der Waals surface area contributed by atoms with Crippen LogP contribution in [0, 0.1) is 11.8 Å². The van der Waals surface area contributed by atoms with Crippen LogP contribution in [0.4, 0.5) is 0 Å². The largest absolute Gasteiger partial charge is 0.376 e. The van der Waals surface area contributed by atoms with Gasteiger partial charge in [0.1, 0.15) is 0 Å². The summed E-state index contributed by atoms with van der Waals surface area (Å²) < 4.78 is 5.71. The maximum Gasteiger partial charge on any atom is 0.299 e. The van der Waals surface area contributed by atoms with Gasteiger partial charge in [-0.15, -0.1) is 0 Å². The highest BCUT2D eigenvalue weighted by atomic mass is 32.2. The lowest BCUT2D eigenvalue weighted by Gasteiger charge is -2.28. The van der Waals surface area contributed by atoms with Crippen LogP contribution in [-0.2, 0) is 9.53 Å². The zero-order valence-electron chi connectivity index (χ0n) is 12.7. The number of carbonyl (C=O) groups excluding carboxylic acids is 1. The van der Waals surface area contributed by atoms with Crippen LogP contribution in [0.5, 0.6) is 0 Å². The normalized spacial score (nSPS) is 23.8. The summed E-state index contributed by atoms with van der Waals surface area (Å²) in [6, 6.07) is 9.99. The molecule has 1 aromatic carbocycles. The van der Waals surface area contributed by atoms with Crippen molar-refractivity contribution in [3.63, 3.8) is 0 Å². The highest BCUT2D eigenvalue weighted by molar-refractivity contribution is 7.99. The van der Waals surface area contributed by atoms with Crippen molar-refractivity contribution in [2.75, 3.05) is 24.7 Å². The van der Waals surface area contributed by atoms with E-state index in [1.807, 2.05) is 47.0 Å². The molecule has 0 radical (unpaired) electrons. The Hall–Kier alpha value is -1.44. The molecule has 2 aliphatic heterocycles. The maximum absolute atomic E-state index is 12.6. The molecule has 2 unspecified atom stereocenters. The highest BCUT2D eigenvalue weighted by Crippen LogP contribution is 2.24. The first-order valence-corrected chi connectivity index (χ1v) is 9.05. The average Bonchev–Trinajstić information content (AvgIpc) is 3.24. The van der Waals surface area contributed by atoms with Gasteiger partial charge in [0.25, 0.3) is 5.91 Å². The van der Waals surface area contributed by atoms with E-state index in [1.165, 1.54) is 0 Å². The number of amides is 1. The highest BCUT2D eigenvalue weighted by Gasteiger charge is 2.29. The van der Waals surface area contributed by atoms with Gasteiger partial charge in [0.05, 0.1) is 6.10 Å². The fourth-order valence-corrected chi connectivity index (χ4v) is 4.12. The number of hydrogen-bond donors (Lipinski definition) is 0. The Morgan fingerprint density at radius 2 is 2.18 bits per heavy atom. The third kappa shape index (κ3) is 4.06. The number of carbonyl (C=O) groups is 1. The third-order valence-corrected chi connectivity index (χ3v) is 5.26. The van der Waals surface area contributed by atoms with Gasteiger partial charge in [0.2, 0.25) is 0 Å². The molecule has 0 aromatic heterocycles. The minimum Gasteiger partial charge on any atom is -0.376 e. The van der Waals surface area contributed by atoms with Crippen molar-refractivity contribution < 1.29 is 9.53 Å². The third-order valence-electron chi connectivity index (χ3n) is 4.12. The van der Waals surface area contributed by atoms with Crippen LogP contribution in [-0.4, -0.2) is 47.6 Å². The molecule has 0 N–H and O–H groups in total. The van der Waals surface area contributed by atoms with Gasteiger partial charge in [-0.3, -0.25) is 4.79 Å². The Bertz CT molecular complexity index is 551. The smallest absolute Gasteiger partial charge is 0.299 e. The van der Waals surface area contributed by atoms with E-state index in [4.69, 9.17) is 4.74 Å². The molecule has 3 nitrogen and oxygen atoms in total. The SMILES string of the molecule is O=C(C#Cc1ccccc1)N(CC1CCCO1)C1CCSC1. The van der Waals surface area contributed by atoms with Crippen molar-refractivity contribution in [3.05, 3.63) is 35.9 Å². The summed E-state index contributed by atoms with van der Waals surface area (Å²) in [5.41, 5.74) is 0.883. The standard InChI is InChI=1S/C18H21NO2S/c20-18(9-8-15-5-2-1-3-6-15)19(16-10-12-22-14-16)13-17-7-4-11-21-17/h1-3,5-6,16-17H,4,7,10-14H2. The lowest BCUT2D eigenvalue weighted by molar-refractivity contribution is -0.128. The van der Waals surface area contributed by atoms with Crippen molar-refractivity contribution in [3.8, 4) is 11.8 Å². The zero-order valence-corrected chi connectivity index (χ0v) is 13.5. The quantitative estimate of drug-likeness (QED) is 0.803. The second-order valence-corrected chi connectivity index (χ2v) is 6.88. The Labute approximate surface area is 136 Å². The van der Waals surface area contributed by atoms with Crippen LogP contribution in [0.25, 0.3) is 0 Å². The number of hydrogen-bond acceptors (Lipinski definition) is 3. The van der Waals surface area contributed by atoms with Crippen molar-refractivity contribution in [2.45, 2.75) is 31.4 Å². The summed E-state index contributed by atoms with van der Waals surface area (Å²) in [6.07, 6.45) is 3.40. The summed E-state index contributed by atoms with van der Waals surface area (Å²) in [7, 11) is 0. The Kier molecular flexibility index (Phi) is 5.42. The van der Waals surface area contributed by atoms with Gasteiger partial charge in [0.15, 0.2) is 0 Å². The minimum atomic E-state index is -0.0631. The lowest BCUT2D eigenvalue weighted by atomic mass is 10.1. The fraction of sp³-hybridized carbons (Fsp3) is 0.500. The van der Waals surface area contributed by atoms with Gasteiger partial charge >= 0.3 is 0 Å². The predicted molar refractivity (Wildman–Crippen MR) is 89.7 cm³/mol. The summed E-state index contributed by atoms with van der Waals surface area (Å²) >= 11 is 1.92. The molecule has 2 saturated heterocycles. The van der Waals surface area contributed by atoms with Gasteiger partial charge in [-0.1, -0.05) is 24.1 Å². The van der Waals surface area contributed by atoms with Crippen LogP contribution in [0.3, 0.4) is 0 Å². The predicted octanol–water partition coefficient (Wildman–Crippen LogP) is 2.55. The molecule has 1 aromatic rings. The van der Waals surface area contributed by atoms with Crippen LogP contribution in [0.2, 0.25) is 0 Å². The number of nitrogens with zero attached hydrogens (tertiary/aromatic N) is 1. The summed E-state index contributed by atoms with van der Waals surface area (Å²) in [4.78, 5) is 14.5. The second-order valence-electron chi connectivity index (χ2n) is 5.73. The monoisotopic (exact) mass is 315 g/mol. The first-order valence-electron chi connectivity index (χ1n) is 7.90. The van der Waals surface area contributed by atoms with E-state index in [0.717, 1.165) is 42.9 Å². The molecule has 3 rings (SSSR count). The summed E-state index contributed by atoms with van der Waals surface area (Å²) in [6.45, 7) is 1.51. The number of ether oxygens (including phenoxy) is 1. The number of rotatable bonds is 3. The molecule has 0 bridgehead atoms. The van der Waals surface area contributed by atoms with E-state index < -0.39 is 0 Å². The molecule has 2 atom stereocenters. The molecule has 0 aliphatic carbocycles. The molecule has 116 valence electrons. The van der Waals surface area contributed by atoms with E-state index in [0.29, 0.717) is 12.6 Å². The van der Waals surface area contributed by atoms with E-state index in [2.05, 4.69) is 11.8 Å². The Balaban J connectivity index is 1.70. The molecule has 1 amide bonds. The van der Waals surface area contributed by atoms with E-state index in [9.17, 15) is 4.79 Å². The van der Waals surface area contributed by atoms with Crippen molar-refractivity contribution in [2.24, 2.45) is 0 Å². The molecule has 0 saturated carbocycles. The molecular weight excluding hydrogens is 294 g/mol. The van der Waals surface area contributed by atoms with Gasteiger partial charge in [-0.2, -0.15) is 11.8 Å². The Morgan fingerprint density at radius 3 is 2.86 bits per heavy atom. The summed E-state index contributed by atoms with van der Waals surface area (Å²) in [5, 5.41) is 0. The van der Waals surface area contributed by atoms with Crippen molar-refractivity contribution in [1.29, 1.82) is 0 Å². The Morgan fingerprint density at radius 1 is 1.32 bits per heavy atom. The fourth-order valence-electron chi connectivity index (χ4n) is 2.89. The van der Waals surface area contributed by atoms with Crippen LogP contribution >= 0.6 is 11.8 Å². The molecule has 4 heteroatoms. The van der Waals surface area contributed by atoms with Crippen LogP contribution < -0.4 is 0 Å². The topological polar surface area (TPSA) is 29.5 Å². The van der Waals surface area contributed by atoms with Gasteiger partial charge in [-0.05, 0) is 37.1 Å². The van der Waals surface area contributed by atoms with Crippen molar-refractivity contribution in [1.82, 2.24) is 4.90 Å². The second kappa shape index (κ2) is 7.71. The molecule has 22 heavy (non-hydrogen) atoms. The molecule has 2 aliphatic rings. The number of benzene rings is 1.